The summed E-state index contributed by atoms with van der Waals surface area (Å²) in [5, 5.41) is 8.81. The van der Waals surface area contributed by atoms with Gasteiger partial charge in [-0.25, -0.2) is 9.59 Å². The Morgan fingerprint density at radius 1 is 1.05 bits per heavy atom. The van der Waals surface area contributed by atoms with Crippen molar-refractivity contribution >= 4 is 11.9 Å². The normalized spacial score (nSPS) is 10.1. The smallest absolute Gasteiger partial charge is 0.335 e. The molecule has 0 aromatic heterocycles. The lowest BCUT2D eigenvalue weighted by atomic mass is 10.0. The first-order valence-corrected chi connectivity index (χ1v) is 7.25. The molecule has 114 valence electrons. The highest BCUT2D eigenvalue weighted by molar-refractivity contribution is 5.87. The molecule has 0 saturated heterocycles. The van der Waals surface area contributed by atoms with Crippen LogP contribution in [0.25, 0.3) is 0 Å². The fraction of sp³-hybridized carbons (Fsp3) is 0.412. The van der Waals surface area contributed by atoms with Gasteiger partial charge in [-0.15, -0.1) is 0 Å². The van der Waals surface area contributed by atoms with Gasteiger partial charge in [0, 0.05) is 6.08 Å². The first kappa shape index (κ1) is 17.0. The molecule has 1 N–H and O–H groups in total. The minimum absolute atomic E-state index is 0.327. The quantitative estimate of drug-likeness (QED) is 0.406. The van der Waals surface area contributed by atoms with Crippen LogP contribution in [0, 0.1) is 0 Å². The molecular formula is C17H22O4. The van der Waals surface area contributed by atoms with E-state index in [1.54, 1.807) is 12.1 Å². The van der Waals surface area contributed by atoms with Crippen molar-refractivity contribution in [2.24, 2.45) is 0 Å². The van der Waals surface area contributed by atoms with Crippen LogP contribution in [0.3, 0.4) is 0 Å². The standard InChI is InChI=1S/C17H22O4/c1-2-16(18)21-13-7-5-3-4-6-8-14-9-11-15(12-10-14)17(19)20/h2,9-12H,1,3-8,13H2,(H,19,20). The topological polar surface area (TPSA) is 63.6 Å². The van der Waals surface area contributed by atoms with E-state index in [4.69, 9.17) is 9.84 Å². The summed E-state index contributed by atoms with van der Waals surface area (Å²) in [5.41, 5.74) is 1.49. The average molecular weight is 290 g/mol. The van der Waals surface area contributed by atoms with Crippen molar-refractivity contribution in [2.75, 3.05) is 6.61 Å². The van der Waals surface area contributed by atoms with Gasteiger partial charge in [0.2, 0.25) is 0 Å². The largest absolute Gasteiger partial charge is 0.478 e. The second-order valence-corrected chi connectivity index (χ2v) is 4.89. The zero-order valence-corrected chi connectivity index (χ0v) is 12.2. The third kappa shape index (κ3) is 7.30. The van der Waals surface area contributed by atoms with Crippen LogP contribution in [0.1, 0.15) is 48.0 Å². The number of aromatic carboxylic acids is 1. The van der Waals surface area contributed by atoms with Crippen LogP contribution in [0.4, 0.5) is 0 Å². The lowest BCUT2D eigenvalue weighted by Crippen LogP contribution is -2.01. The molecule has 0 radical (unpaired) electrons. The molecule has 0 saturated carbocycles. The summed E-state index contributed by atoms with van der Waals surface area (Å²) in [4.78, 5) is 21.5. The van der Waals surface area contributed by atoms with Gasteiger partial charge in [0.1, 0.15) is 0 Å². The van der Waals surface area contributed by atoms with Crippen LogP contribution in [0.15, 0.2) is 36.9 Å². The van der Waals surface area contributed by atoms with Gasteiger partial charge in [-0.2, -0.15) is 0 Å². The van der Waals surface area contributed by atoms with Gasteiger partial charge in [-0.05, 0) is 37.0 Å². The molecular weight excluding hydrogens is 268 g/mol. The van der Waals surface area contributed by atoms with Crippen LogP contribution in [0.5, 0.6) is 0 Å². The summed E-state index contributed by atoms with van der Waals surface area (Å²) in [5.74, 6) is -1.25. The van der Waals surface area contributed by atoms with Gasteiger partial charge in [0.25, 0.3) is 0 Å². The van der Waals surface area contributed by atoms with E-state index in [2.05, 4.69) is 6.58 Å². The zero-order chi connectivity index (χ0) is 15.5. The number of benzene rings is 1. The Kier molecular flexibility index (Phi) is 7.87. The maximum atomic E-state index is 10.8. The van der Waals surface area contributed by atoms with Crippen molar-refractivity contribution in [3.8, 4) is 0 Å². The minimum atomic E-state index is -0.890. The lowest BCUT2D eigenvalue weighted by Gasteiger charge is -2.04. The molecule has 0 spiro atoms. The van der Waals surface area contributed by atoms with Crippen LogP contribution < -0.4 is 0 Å². The number of unbranched alkanes of at least 4 members (excludes halogenated alkanes) is 4. The van der Waals surface area contributed by atoms with Crippen LogP contribution in [-0.4, -0.2) is 23.7 Å². The molecule has 0 aliphatic carbocycles. The summed E-state index contributed by atoms with van der Waals surface area (Å²) >= 11 is 0. The first-order chi connectivity index (χ1) is 10.1. The Bertz CT molecular complexity index is 462. The van der Waals surface area contributed by atoms with Crippen molar-refractivity contribution in [1.82, 2.24) is 0 Å². The molecule has 4 heteroatoms. The number of carbonyl (C=O) groups is 2. The monoisotopic (exact) mass is 290 g/mol. The Labute approximate surface area is 125 Å². The van der Waals surface area contributed by atoms with Gasteiger partial charge in [-0.1, -0.05) is 38.0 Å². The third-order valence-corrected chi connectivity index (χ3v) is 3.22. The molecule has 4 nitrogen and oxygen atoms in total. The molecule has 1 aromatic carbocycles. The van der Waals surface area contributed by atoms with Crippen LogP contribution in [0.2, 0.25) is 0 Å². The van der Waals surface area contributed by atoms with Crippen molar-refractivity contribution in [1.29, 1.82) is 0 Å². The Morgan fingerprint density at radius 3 is 2.29 bits per heavy atom. The van der Waals surface area contributed by atoms with Crippen molar-refractivity contribution < 1.29 is 19.4 Å². The molecule has 0 aliphatic heterocycles. The maximum Gasteiger partial charge on any atom is 0.335 e. The summed E-state index contributed by atoms with van der Waals surface area (Å²) in [7, 11) is 0. The zero-order valence-electron chi connectivity index (χ0n) is 12.2. The molecule has 1 aromatic rings. The van der Waals surface area contributed by atoms with E-state index < -0.39 is 5.97 Å². The number of hydrogen-bond donors (Lipinski definition) is 1. The summed E-state index contributed by atoms with van der Waals surface area (Å²) in [6.07, 6.45) is 7.38. The van der Waals surface area contributed by atoms with Gasteiger partial charge in [0.05, 0.1) is 12.2 Å². The number of ether oxygens (including phenoxy) is 1. The molecule has 0 bridgehead atoms. The number of rotatable bonds is 10. The van der Waals surface area contributed by atoms with Gasteiger partial charge < -0.3 is 9.84 Å². The van der Waals surface area contributed by atoms with E-state index in [9.17, 15) is 9.59 Å². The third-order valence-electron chi connectivity index (χ3n) is 3.22. The van der Waals surface area contributed by atoms with Crippen molar-refractivity contribution in [3.05, 3.63) is 48.0 Å². The summed E-state index contributed by atoms with van der Waals surface area (Å²) in [6, 6.07) is 7.04. The number of carboxylic acid groups (broad SMARTS) is 1. The Morgan fingerprint density at radius 2 is 1.67 bits per heavy atom. The van der Waals surface area contributed by atoms with Gasteiger partial charge in [-0.3, -0.25) is 0 Å². The molecule has 0 amide bonds. The second-order valence-electron chi connectivity index (χ2n) is 4.89. The fourth-order valence-corrected chi connectivity index (χ4v) is 2.01. The summed E-state index contributed by atoms with van der Waals surface area (Å²) < 4.78 is 4.89. The van der Waals surface area contributed by atoms with E-state index >= 15 is 0 Å². The summed E-state index contributed by atoms with van der Waals surface area (Å²) in [6.45, 7) is 3.80. The predicted molar refractivity (Wildman–Crippen MR) is 81.3 cm³/mol. The molecule has 0 fully saturated rings. The average Bonchev–Trinajstić information content (AvgIpc) is 2.50. The van der Waals surface area contributed by atoms with E-state index in [0.717, 1.165) is 38.5 Å². The highest BCUT2D eigenvalue weighted by Gasteiger charge is 2.01. The van der Waals surface area contributed by atoms with E-state index in [1.807, 2.05) is 12.1 Å². The van der Waals surface area contributed by atoms with E-state index in [-0.39, 0.29) is 5.97 Å². The highest BCUT2D eigenvalue weighted by atomic mass is 16.5. The van der Waals surface area contributed by atoms with Crippen LogP contribution in [-0.2, 0) is 16.0 Å². The second kappa shape index (κ2) is 9.75. The maximum absolute atomic E-state index is 10.8. The highest BCUT2D eigenvalue weighted by Crippen LogP contribution is 2.10. The molecule has 21 heavy (non-hydrogen) atoms. The molecule has 1 rings (SSSR count). The number of esters is 1. The molecule has 0 heterocycles. The van der Waals surface area contributed by atoms with Crippen LogP contribution >= 0.6 is 0 Å². The van der Waals surface area contributed by atoms with Crippen molar-refractivity contribution in [2.45, 2.75) is 38.5 Å². The molecule has 0 aliphatic rings. The first-order valence-electron chi connectivity index (χ1n) is 7.25. The minimum Gasteiger partial charge on any atom is -0.478 e. The predicted octanol–water partition coefficient (Wildman–Crippen LogP) is 3.61. The number of carbonyl (C=O) groups excluding carboxylic acids is 1. The Hall–Kier alpha value is -2.10. The molecule has 0 atom stereocenters. The Balaban J connectivity index is 2.05. The van der Waals surface area contributed by atoms with E-state index in [1.165, 1.54) is 11.6 Å². The number of hydrogen-bond acceptors (Lipinski definition) is 3. The fourth-order valence-electron chi connectivity index (χ4n) is 2.01. The number of aryl methyl sites for hydroxylation is 1. The lowest BCUT2D eigenvalue weighted by molar-refractivity contribution is -0.137. The van der Waals surface area contributed by atoms with Gasteiger partial charge in [0.15, 0.2) is 0 Å². The van der Waals surface area contributed by atoms with E-state index in [0.29, 0.717) is 12.2 Å². The molecule has 0 unspecified atom stereocenters. The number of carboxylic acids is 1. The van der Waals surface area contributed by atoms with Gasteiger partial charge >= 0.3 is 11.9 Å². The SMILES string of the molecule is C=CC(=O)OCCCCCCCc1ccc(C(=O)O)cc1. The van der Waals surface area contributed by atoms with Crippen molar-refractivity contribution in [3.63, 3.8) is 0 Å².